The average Bonchev–Trinajstić information content (AvgIpc) is 2.75. The highest BCUT2D eigenvalue weighted by Gasteiger charge is 2.35. The zero-order valence-electron chi connectivity index (χ0n) is 17.6. The van der Waals surface area contributed by atoms with E-state index < -0.39 is 44.8 Å². The third-order valence-electron chi connectivity index (χ3n) is 4.52. The van der Waals surface area contributed by atoms with Crippen molar-refractivity contribution in [2.75, 3.05) is 18.6 Å². The van der Waals surface area contributed by atoms with Crippen LogP contribution in [0.15, 0.2) is 57.8 Å². The first-order chi connectivity index (χ1) is 15.4. The molecule has 0 saturated heterocycles. The van der Waals surface area contributed by atoms with Gasteiger partial charge in [-0.3, -0.25) is 4.79 Å². The number of nitrogens with zero attached hydrogens (tertiary/aromatic N) is 3. The zero-order valence-corrected chi connectivity index (χ0v) is 18.4. The summed E-state index contributed by atoms with van der Waals surface area (Å²) in [6.07, 6.45) is -3.45. The van der Waals surface area contributed by atoms with Crippen LogP contribution < -0.4 is 10.1 Å². The predicted octanol–water partition coefficient (Wildman–Crippen LogP) is 5.07. The Bertz CT molecular complexity index is 1340. The van der Waals surface area contributed by atoms with Crippen LogP contribution in [0.3, 0.4) is 0 Å². The number of amides is 1. The standard InChI is InChI=1S/C21H18F4N4O3S/c1-12-9-13(22)7-8-17(12)32-20-16(11-18(28-29-20)21(23,24)25)19(30)27-14-5-4-6-15(10-14)33(3,31)26-2/h4-11H,1-3H3,(H,27,30). The molecule has 0 fully saturated rings. The zero-order chi connectivity index (χ0) is 24.4. The van der Waals surface area contributed by atoms with E-state index in [0.717, 1.165) is 12.1 Å². The number of carbonyl (C=O) groups is 1. The molecule has 2 aromatic carbocycles. The summed E-state index contributed by atoms with van der Waals surface area (Å²) in [4.78, 5) is 13.2. The number of hydrogen-bond acceptors (Lipinski definition) is 6. The highest BCUT2D eigenvalue weighted by Crippen LogP contribution is 2.32. The van der Waals surface area contributed by atoms with E-state index in [-0.39, 0.29) is 11.4 Å². The number of carbonyl (C=O) groups excluding carboxylic acids is 1. The number of alkyl halides is 3. The van der Waals surface area contributed by atoms with Crippen molar-refractivity contribution in [1.29, 1.82) is 0 Å². The molecule has 1 amide bonds. The van der Waals surface area contributed by atoms with Gasteiger partial charge in [0.2, 0.25) is 0 Å². The fourth-order valence-corrected chi connectivity index (χ4v) is 3.59. The van der Waals surface area contributed by atoms with Crippen molar-refractivity contribution in [1.82, 2.24) is 10.2 Å². The Morgan fingerprint density at radius 3 is 2.48 bits per heavy atom. The lowest BCUT2D eigenvalue weighted by Crippen LogP contribution is -2.18. The fraction of sp³-hybridized carbons (Fsp3) is 0.190. The second kappa shape index (κ2) is 9.14. The number of hydrogen-bond donors (Lipinski definition) is 1. The molecule has 1 heterocycles. The summed E-state index contributed by atoms with van der Waals surface area (Å²) in [7, 11) is -1.32. The summed E-state index contributed by atoms with van der Waals surface area (Å²) in [6.45, 7) is 1.52. The molecule has 0 aliphatic rings. The molecule has 12 heteroatoms. The number of anilines is 1. The van der Waals surface area contributed by atoms with Gasteiger partial charge in [0.05, 0.1) is 9.73 Å². The van der Waals surface area contributed by atoms with E-state index in [1.807, 2.05) is 0 Å². The summed E-state index contributed by atoms with van der Waals surface area (Å²) in [5, 5.41) is 8.97. The fourth-order valence-electron chi connectivity index (χ4n) is 2.70. The molecule has 1 aromatic heterocycles. The van der Waals surface area contributed by atoms with Crippen molar-refractivity contribution in [2.24, 2.45) is 4.36 Å². The second-order valence-electron chi connectivity index (χ2n) is 6.93. The molecule has 1 unspecified atom stereocenters. The lowest BCUT2D eigenvalue weighted by molar-refractivity contribution is -0.141. The van der Waals surface area contributed by atoms with Crippen molar-refractivity contribution in [2.45, 2.75) is 18.0 Å². The molecular weight excluding hydrogens is 464 g/mol. The van der Waals surface area contributed by atoms with Gasteiger partial charge < -0.3 is 10.1 Å². The molecule has 0 spiro atoms. The molecule has 7 nitrogen and oxygen atoms in total. The number of aryl methyl sites for hydroxylation is 1. The predicted molar refractivity (Wildman–Crippen MR) is 113 cm³/mol. The molecule has 3 aromatic rings. The van der Waals surface area contributed by atoms with Crippen LogP contribution in [0.4, 0.5) is 23.2 Å². The van der Waals surface area contributed by atoms with Gasteiger partial charge in [-0.1, -0.05) is 6.07 Å². The summed E-state index contributed by atoms with van der Waals surface area (Å²) in [5.41, 5.74) is -1.45. The number of rotatable bonds is 5. The lowest BCUT2D eigenvalue weighted by Gasteiger charge is -2.14. The van der Waals surface area contributed by atoms with Crippen LogP contribution in [-0.2, 0) is 15.9 Å². The number of aromatic nitrogens is 2. The molecule has 1 atom stereocenters. The average molecular weight is 482 g/mol. The number of ether oxygens (including phenoxy) is 1. The van der Waals surface area contributed by atoms with E-state index in [2.05, 4.69) is 19.9 Å². The molecule has 0 aliphatic carbocycles. The smallest absolute Gasteiger partial charge is 0.435 e. The molecule has 3 rings (SSSR count). The van der Waals surface area contributed by atoms with E-state index in [0.29, 0.717) is 16.5 Å². The lowest BCUT2D eigenvalue weighted by atomic mass is 10.2. The Morgan fingerprint density at radius 1 is 1.12 bits per heavy atom. The second-order valence-corrected chi connectivity index (χ2v) is 9.37. The Labute approximate surface area is 187 Å². The molecule has 0 radical (unpaired) electrons. The number of benzene rings is 2. The van der Waals surface area contributed by atoms with Crippen molar-refractivity contribution >= 4 is 21.3 Å². The van der Waals surface area contributed by atoms with Crippen LogP contribution in [0.2, 0.25) is 0 Å². The Morgan fingerprint density at radius 2 is 1.85 bits per heavy atom. The van der Waals surface area contributed by atoms with Crippen LogP contribution in [-0.4, -0.2) is 33.6 Å². The number of nitrogens with one attached hydrogen (secondary N) is 1. The topological polar surface area (TPSA) is 93.5 Å². The maximum Gasteiger partial charge on any atom is 0.435 e. The first-order valence-electron chi connectivity index (χ1n) is 9.31. The summed E-state index contributed by atoms with van der Waals surface area (Å²) >= 11 is 0. The van der Waals surface area contributed by atoms with Gasteiger partial charge in [0.25, 0.3) is 11.8 Å². The quantitative estimate of drug-likeness (QED) is 0.513. The maximum absolute atomic E-state index is 13.4. The van der Waals surface area contributed by atoms with Crippen LogP contribution in [0, 0.1) is 12.7 Å². The molecule has 0 saturated carbocycles. The van der Waals surface area contributed by atoms with Crippen LogP contribution in [0.1, 0.15) is 21.6 Å². The van der Waals surface area contributed by atoms with Gasteiger partial charge in [-0.25, -0.2) is 13.0 Å². The summed E-state index contributed by atoms with van der Waals surface area (Å²) in [6, 6.07) is 9.93. The van der Waals surface area contributed by atoms with E-state index in [9.17, 15) is 26.6 Å². The maximum atomic E-state index is 13.4. The van der Waals surface area contributed by atoms with Crippen molar-refractivity contribution in [3.05, 3.63) is 71.2 Å². The van der Waals surface area contributed by atoms with E-state index in [1.54, 1.807) is 6.07 Å². The van der Waals surface area contributed by atoms with Gasteiger partial charge in [0.1, 0.15) is 17.1 Å². The monoisotopic (exact) mass is 482 g/mol. The first kappa shape index (κ1) is 24.1. The summed E-state index contributed by atoms with van der Waals surface area (Å²) in [5.74, 6) is -1.94. The normalized spacial score (nSPS) is 13.2. The molecular formula is C21H18F4N4O3S. The Hall–Kier alpha value is -3.54. The third-order valence-corrected chi connectivity index (χ3v) is 6.34. The van der Waals surface area contributed by atoms with Crippen LogP contribution in [0.25, 0.3) is 0 Å². The van der Waals surface area contributed by atoms with Crippen molar-refractivity contribution < 1.29 is 31.3 Å². The molecule has 174 valence electrons. The Kier molecular flexibility index (Phi) is 6.68. The van der Waals surface area contributed by atoms with Crippen molar-refractivity contribution in [3.8, 4) is 11.6 Å². The minimum absolute atomic E-state index is 0.0804. The highest BCUT2D eigenvalue weighted by molar-refractivity contribution is 7.93. The van der Waals surface area contributed by atoms with Gasteiger partial charge in [-0.2, -0.15) is 13.2 Å². The third kappa shape index (κ3) is 5.64. The van der Waals surface area contributed by atoms with Gasteiger partial charge in [-0.15, -0.1) is 10.2 Å². The van der Waals surface area contributed by atoms with E-state index in [4.69, 9.17) is 4.74 Å². The van der Waals surface area contributed by atoms with E-state index >= 15 is 0 Å². The minimum Gasteiger partial charge on any atom is -0.437 e. The highest BCUT2D eigenvalue weighted by atomic mass is 32.2. The first-order valence-corrected chi connectivity index (χ1v) is 11.2. The van der Waals surface area contributed by atoms with Crippen molar-refractivity contribution in [3.63, 3.8) is 0 Å². The minimum atomic E-state index is -4.86. The largest absolute Gasteiger partial charge is 0.437 e. The molecule has 0 aliphatic heterocycles. The van der Waals surface area contributed by atoms with Gasteiger partial charge in [0, 0.05) is 23.9 Å². The Balaban J connectivity index is 2.01. The van der Waals surface area contributed by atoms with Crippen LogP contribution in [0.5, 0.6) is 11.6 Å². The van der Waals surface area contributed by atoms with Gasteiger partial charge in [-0.05, 0) is 55.0 Å². The SMILES string of the molecule is CN=S(C)(=O)c1cccc(NC(=O)c2cc(C(F)(F)F)nnc2Oc2ccc(F)cc2C)c1. The van der Waals surface area contributed by atoms with Gasteiger partial charge in [0.15, 0.2) is 5.69 Å². The summed E-state index contributed by atoms with van der Waals surface area (Å²) < 4.78 is 74.7. The van der Waals surface area contributed by atoms with Gasteiger partial charge >= 0.3 is 6.18 Å². The molecule has 33 heavy (non-hydrogen) atoms. The van der Waals surface area contributed by atoms with Crippen LogP contribution >= 0.6 is 0 Å². The number of halogens is 4. The molecule has 0 bridgehead atoms. The van der Waals surface area contributed by atoms with E-state index in [1.165, 1.54) is 44.5 Å². The molecule has 1 N–H and O–H groups in total.